The van der Waals surface area contributed by atoms with E-state index in [1.807, 2.05) is 12.1 Å². The van der Waals surface area contributed by atoms with Gasteiger partial charge in [-0.2, -0.15) is 0 Å². The number of nitrogens with one attached hydrogen (secondary N) is 1. The molecule has 0 saturated heterocycles. The lowest BCUT2D eigenvalue weighted by atomic mass is 9.88. The van der Waals surface area contributed by atoms with Crippen molar-refractivity contribution in [2.75, 3.05) is 19.5 Å². The van der Waals surface area contributed by atoms with Gasteiger partial charge in [0.25, 0.3) is 0 Å². The molecule has 3 N–H and O–H groups in total. The zero-order chi connectivity index (χ0) is 23.8. The molecule has 0 unspecified atom stereocenters. The molecule has 1 aliphatic rings. The number of methoxy groups -OCH3 is 2. The summed E-state index contributed by atoms with van der Waals surface area (Å²) in [5.74, 6) is 3.93. The van der Waals surface area contributed by atoms with Gasteiger partial charge < -0.3 is 25.0 Å². The normalized spacial score (nSPS) is 13.8. The first-order valence-corrected chi connectivity index (χ1v) is 11.9. The van der Waals surface area contributed by atoms with E-state index in [1.165, 1.54) is 37.0 Å². The van der Waals surface area contributed by atoms with Crippen LogP contribution in [0.15, 0.2) is 24.3 Å². The molecule has 1 fully saturated rings. The summed E-state index contributed by atoms with van der Waals surface area (Å²) in [4.78, 5) is 21.0. The minimum atomic E-state index is -1.83. The zero-order valence-corrected chi connectivity index (χ0v) is 20.1. The maximum absolute atomic E-state index is 8.56. The van der Waals surface area contributed by atoms with Crippen LogP contribution >= 0.6 is 11.3 Å². The Balaban J connectivity index is 0.000000709. The molecule has 1 aliphatic carbocycles. The van der Waals surface area contributed by atoms with Gasteiger partial charge in [0.1, 0.15) is 16.5 Å². The van der Waals surface area contributed by atoms with E-state index in [2.05, 4.69) is 24.4 Å². The predicted octanol–water partition coefficient (Wildman–Crippen LogP) is 6.15. The average Bonchev–Trinajstić information content (AvgIpc) is 3.26. The Morgan fingerprint density at radius 1 is 1.09 bits per heavy atom. The highest BCUT2D eigenvalue weighted by Gasteiger charge is 2.21. The molecule has 4 rings (SSSR count). The lowest BCUT2D eigenvalue weighted by molar-refractivity contribution is 0.137. The third-order valence-electron chi connectivity index (χ3n) is 5.69. The molecular weight excluding hydrogens is 442 g/mol. The lowest BCUT2D eigenvalue weighted by Gasteiger charge is -2.21. The van der Waals surface area contributed by atoms with Crippen LogP contribution in [0.4, 0.5) is 10.6 Å². The van der Waals surface area contributed by atoms with E-state index in [1.54, 1.807) is 25.6 Å². The van der Waals surface area contributed by atoms with E-state index >= 15 is 0 Å². The van der Waals surface area contributed by atoms with Crippen LogP contribution in [0.2, 0.25) is 0 Å². The molecule has 1 aromatic carbocycles. The van der Waals surface area contributed by atoms with Crippen molar-refractivity contribution >= 4 is 33.5 Å². The monoisotopic (exact) mass is 473 g/mol. The summed E-state index contributed by atoms with van der Waals surface area (Å²) in [6.07, 6.45) is 5.49. The van der Waals surface area contributed by atoms with Gasteiger partial charge in [-0.15, -0.1) is 11.3 Å². The van der Waals surface area contributed by atoms with E-state index in [0.29, 0.717) is 12.5 Å². The van der Waals surface area contributed by atoms with E-state index < -0.39 is 6.16 Å². The second-order valence-corrected chi connectivity index (χ2v) is 8.99. The molecular formula is C24H31N3O5S. The molecule has 0 radical (unpaired) electrons. The molecule has 0 amide bonds. The van der Waals surface area contributed by atoms with Crippen LogP contribution < -0.4 is 14.8 Å². The number of hydrogen-bond acceptors (Lipinski definition) is 7. The van der Waals surface area contributed by atoms with Crippen molar-refractivity contribution in [2.24, 2.45) is 0 Å². The Morgan fingerprint density at radius 3 is 2.42 bits per heavy atom. The van der Waals surface area contributed by atoms with E-state index in [4.69, 9.17) is 34.4 Å². The lowest BCUT2D eigenvalue weighted by Crippen LogP contribution is -2.11. The van der Waals surface area contributed by atoms with Gasteiger partial charge in [-0.1, -0.05) is 32.3 Å². The number of ether oxygens (including phenoxy) is 2. The van der Waals surface area contributed by atoms with Gasteiger partial charge in [0.05, 0.1) is 19.6 Å². The second-order valence-electron chi connectivity index (χ2n) is 7.88. The number of hydrogen-bond donors (Lipinski definition) is 3. The van der Waals surface area contributed by atoms with Gasteiger partial charge in [-0.05, 0) is 43.0 Å². The van der Waals surface area contributed by atoms with Gasteiger partial charge in [0, 0.05) is 17.3 Å². The number of aryl methyl sites for hydroxylation is 1. The standard InChI is InChI=1S/C23H29N3O2S.CH2O3/c1-4-17-13-18-22(24-14-15-10-11-19(27-2)20(12-15)28-3)25-21(26-23(18)29-17)16-8-6-5-7-9-16;2-1(3)4/h10-13,16H,4-9,14H2,1-3H3,(H,24,25,26);(H2,2,3,4). The molecule has 8 nitrogen and oxygen atoms in total. The molecule has 178 valence electrons. The summed E-state index contributed by atoms with van der Waals surface area (Å²) in [5.41, 5.74) is 1.12. The fraction of sp³-hybridized carbons (Fsp3) is 0.458. The van der Waals surface area contributed by atoms with E-state index in [-0.39, 0.29) is 0 Å². The minimum absolute atomic E-state index is 0.488. The highest BCUT2D eigenvalue weighted by molar-refractivity contribution is 7.18. The minimum Gasteiger partial charge on any atom is -0.493 e. The number of anilines is 1. The van der Waals surface area contributed by atoms with Crippen LogP contribution in [0.1, 0.15) is 61.2 Å². The van der Waals surface area contributed by atoms with Crippen molar-refractivity contribution in [1.29, 1.82) is 0 Å². The smallest absolute Gasteiger partial charge is 0.493 e. The Hall–Kier alpha value is -3.07. The molecule has 0 atom stereocenters. The van der Waals surface area contributed by atoms with Crippen molar-refractivity contribution in [1.82, 2.24) is 9.97 Å². The average molecular weight is 474 g/mol. The molecule has 2 aromatic heterocycles. The van der Waals surface area contributed by atoms with Crippen molar-refractivity contribution in [3.8, 4) is 11.5 Å². The van der Waals surface area contributed by atoms with Crippen LogP contribution in [0.3, 0.4) is 0 Å². The topological polar surface area (TPSA) is 114 Å². The fourth-order valence-electron chi connectivity index (χ4n) is 4.02. The number of nitrogens with zero attached hydrogens (tertiary/aromatic N) is 2. The van der Waals surface area contributed by atoms with E-state index in [9.17, 15) is 0 Å². The number of carboxylic acid groups (broad SMARTS) is 2. The third-order valence-corrected chi connectivity index (χ3v) is 6.86. The number of rotatable bonds is 7. The van der Waals surface area contributed by atoms with Gasteiger partial charge in [0.15, 0.2) is 11.5 Å². The van der Waals surface area contributed by atoms with Crippen LogP contribution in [-0.2, 0) is 13.0 Å². The van der Waals surface area contributed by atoms with Crippen molar-refractivity contribution < 1.29 is 24.5 Å². The highest BCUT2D eigenvalue weighted by Crippen LogP contribution is 2.36. The number of benzene rings is 1. The third kappa shape index (κ3) is 6.47. The van der Waals surface area contributed by atoms with Crippen LogP contribution in [-0.4, -0.2) is 40.6 Å². The predicted molar refractivity (Wildman–Crippen MR) is 130 cm³/mol. The summed E-state index contributed by atoms with van der Waals surface area (Å²) >= 11 is 1.79. The Labute approximate surface area is 197 Å². The number of fused-ring (bicyclic) bond motifs is 1. The Morgan fingerprint density at radius 2 is 1.79 bits per heavy atom. The second kappa shape index (κ2) is 11.7. The van der Waals surface area contributed by atoms with Gasteiger partial charge in [0.2, 0.25) is 0 Å². The van der Waals surface area contributed by atoms with Gasteiger partial charge in [-0.25, -0.2) is 14.8 Å². The van der Waals surface area contributed by atoms with Gasteiger partial charge in [-0.3, -0.25) is 0 Å². The summed E-state index contributed by atoms with van der Waals surface area (Å²) in [6.45, 7) is 2.87. The number of aromatic nitrogens is 2. The molecule has 0 aliphatic heterocycles. The number of carbonyl (C=O) groups is 1. The summed E-state index contributed by atoms with van der Waals surface area (Å²) in [6, 6.07) is 8.25. The Bertz CT molecular complexity index is 1080. The molecule has 1 saturated carbocycles. The molecule has 0 bridgehead atoms. The summed E-state index contributed by atoms with van der Waals surface area (Å²) in [5, 5.41) is 18.6. The molecule has 9 heteroatoms. The van der Waals surface area contributed by atoms with Crippen molar-refractivity contribution in [2.45, 2.75) is 57.9 Å². The van der Waals surface area contributed by atoms with Crippen LogP contribution in [0.5, 0.6) is 11.5 Å². The van der Waals surface area contributed by atoms with Gasteiger partial charge >= 0.3 is 6.16 Å². The van der Waals surface area contributed by atoms with Crippen molar-refractivity contribution in [3.05, 3.63) is 40.5 Å². The van der Waals surface area contributed by atoms with Crippen molar-refractivity contribution in [3.63, 3.8) is 0 Å². The molecule has 2 heterocycles. The first-order valence-electron chi connectivity index (χ1n) is 11.1. The molecule has 3 aromatic rings. The molecule has 0 spiro atoms. The van der Waals surface area contributed by atoms with Crippen LogP contribution in [0, 0.1) is 0 Å². The first-order chi connectivity index (χ1) is 15.9. The summed E-state index contributed by atoms with van der Waals surface area (Å²) < 4.78 is 10.8. The maximum atomic E-state index is 8.56. The van der Waals surface area contributed by atoms with Crippen LogP contribution in [0.25, 0.3) is 10.2 Å². The maximum Gasteiger partial charge on any atom is 0.503 e. The first kappa shape index (κ1) is 24.6. The zero-order valence-electron chi connectivity index (χ0n) is 19.3. The summed E-state index contributed by atoms with van der Waals surface area (Å²) in [7, 11) is 3.32. The SMILES string of the molecule is CCc1cc2c(NCc3ccc(OC)c(OC)c3)nc(C3CCCCC3)nc2s1.O=C(O)O. The van der Waals surface area contributed by atoms with E-state index in [0.717, 1.165) is 45.3 Å². The number of thiophene rings is 1. The quantitative estimate of drug-likeness (QED) is 0.374. The highest BCUT2D eigenvalue weighted by atomic mass is 32.1. The fourth-order valence-corrected chi connectivity index (χ4v) is 4.99. The largest absolute Gasteiger partial charge is 0.503 e. The Kier molecular flexibility index (Phi) is 8.71. The molecule has 33 heavy (non-hydrogen) atoms.